The van der Waals surface area contributed by atoms with E-state index < -0.39 is 0 Å². The first-order valence-electron chi connectivity index (χ1n) is 12.5. The Morgan fingerprint density at radius 3 is 2.07 bits per heavy atom. The molecular weight excluding hydrogens is 373 g/mol. The van der Waals surface area contributed by atoms with Crippen LogP contribution in [0.4, 0.5) is 0 Å². The smallest absolute Gasteiger partial charge is 0.495 e. The largest absolute Gasteiger partial charge is 0.497 e. The zero-order chi connectivity index (χ0) is 21.3. The van der Waals surface area contributed by atoms with Crippen LogP contribution in [0, 0.1) is 0 Å². The standard InChI is InChI=1S/C25H44BNO3/c1-3-5-6-7-8-9-10-11-12-15-18-27-19-21-29-26(30-22-20-27)23-28-25-17-14-13-16-24(25)4-2/h13-14,16-17H,3-12,15,18-23H2,1-2H3. The molecule has 1 fully saturated rings. The van der Waals surface area contributed by atoms with Gasteiger partial charge in [-0.1, -0.05) is 89.8 Å². The van der Waals surface area contributed by atoms with Gasteiger partial charge in [-0.05, 0) is 31.0 Å². The van der Waals surface area contributed by atoms with E-state index in [1.807, 2.05) is 12.1 Å². The maximum atomic E-state index is 5.97. The van der Waals surface area contributed by atoms with Crippen LogP contribution in [-0.4, -0.2) is 51.4 Å². The van der Waals surface area contributed by atoms with Crippen molar-refractivity contribution in [1.82, 2.24) is 4.90 Å². The van der Waals surface area contributed by atoms with Crippen molar-refractivity contribution in [2.75, 3.05) is 39.4 Å². The summed E-state index contributed by atoms with van der Waals surface area (Å²) in [6.45, 7) is 9.44. The Balaban J connectivity index is 1.50. The van der Waals surface area contributed by atoms with Crippen LogP contribution in [0.1, 0.15) is 83.6 Å². The normalized spacial score (nSPS) is 15.7. The molecule has 1 saturated heterocycles. The molecule has 4 nitrogen and oxygen atoms in total. The van der Waals surface area contributed by atoms with Crippen LogP contribution in [0.3, 0.4) is 0 Å². The Hall–Kier alpha value is -1.04. The number of hydrogen-bond acceptors (Lipinski definition) is 4. The molecule has 0 unspecified atom stereocenters. The van der Waals surface area contributed by atoms with Gasteiger partial charge >= 0.3 is 7.12 Å². The SMILES string of the molecule is CCCCCCCCCCCCN1CCOB(COc2ccccc2CC)OCC1. The number of ether oxygens (including phenoxy) is 1. The highest BCUT2D eigenvalue weighted by atomic mass is 16.6. The lowest BCUT2D eigenvalue weighted by Gasteiger charge is -2.27. The fraction of sp³-hybridized carbons (Fsp3) is 0.760. The van der Waals surface area contributed by atoms with Crippen molar-refractivity contribution in [2.24, 2.45) is 0 Å². The second kappa shape index (κ2) is 16.6. The number of para-hydroxylation sites is 1. The van der Waals surface area contributed by atoms with Crippen molar-refractivity contribution in [3.8, 4) is 5.75 Å². The van der Waals surface area contributed by atoms with Crippen molar-refractivity contribution < 1.29 is 14.0 Å². The highest BCUT2D eigenvalue weighted by Crippen LogP contribution is 2.18. The van der Waals surface area contributed by atoms with Gasteiger partial charge in [-0.25, -0.2) is 0 Å². The van der Waals surface area contributed by atoms with Crippen molar-refractivity contribution in [3.63, 3.8) is 0 Å². The van der Waals surface area contributed by atoms with Crippen molar-refractivity contribution in [1.29, 1.82) is 0 Å². The summed E-state index contributed by atoms with van der Waals surface area (Å²) in [5, 5.41) is 0. The van der Waals surface area contributed by atoms with E-state index in [-0.39, 0.29) is 7.12 Å². The van der Waals surface area contributed by atoms with E-state index in [0.717, 1.165) is 31.8 Å². The van der Waals surface area contributed by atoms with E-state index in [4.69, 9.17) is 14.0 Å². The molecule has 0 saturated carbocycles. The van der Waals surface area contributed by atoms with E-state index in [2.05, 4.69) is 30.9 Å². The molecule has 2 rings (SSSR count). The minimum atomic E-state index is -0.269. The van der Waals surface area contributed by atoms with Crippen LogP contribution in [0.25, 0.3) is 0 Å². The van der Waals surface area contributed by atoms with Gasteiger partial charge in [0.1, 0.15) is 12.3 Å². The van der Waals surface area contributed by atoms with Gasteiger partial charge in [-0.2, -0.15) is 0 Å². The molecule has 0 amide bonds. The second-order valence-electron chi connectivity index (χ2n) is 8.47. The molecule has 170 valence electrons. The highest BCUT2D eigenvalue weighted by molar-refractivity contribution is 6.44. The lowest BCUT2D eigenvalue weighted by molar-refractivity contribution is 0.100. The Labute approximate surface area is 185 Å². The molecule has 0 atom stereocenters. The quantitative estimate of drug-likeness (QED) is 0.262. The molecule has 0 aromatic heterocycles. The third kappa shape index (κ3) is 10.8. The summed E-state index contributed by atoms with van der Waals surface area (Å²) in [5.74, 6) is 0.942. The maximum Gasteiger partial charge on any atom is 0.497 e. The molecule has 1 heterocycles. The molecule has 0 N–H and O–H groups in total. The van der Waals surface area contributed by atoms with Gasteiger partial charge < -0.3 is 14.0 Å². The van der Waals surface area contributed by atoms with Crippen molar-refractivity contribution >= 4 is 7.12 Å². The number of unbranched alkanes of at least 4 members (excludes halogenated alkanes) is 9. The average molecular weight is 417 g/mol. The second-order valence-corrected chi connectivity index (χ2v) is 8.47. The first-order chi connectivity index (χ1) is 14.8. The predicted molar refractivity (Wildman–Crippen MR) is 127 cm³/mol. The molecule has 1 aliphatic heterocycles. The number of rotatable bonds is 15. The molecule has 1 aliphatic rings. The maximum absolute atomic E-state index is 5.97. The van der Waals surface area contributed by atoms with Gasteiger partial charge in [0.05, 0.1) is 0 Å². The van der Waals surface area contributed by atoms with Gasteiger partial charge in [0, 0.05) is 26.3 Å². The van der Waals surface area contributed by atoms with Gasteiger partial charge in [-0.15, -0.1) is 0 Å². The van der Waals surface area contributed by atoms with Gasteiger partial charge in [-0.3, -0.25) is 4.90 Å². The molecule has 30 heavy (non-hydrogen) atoms. The zero-order valence-electron chi connectivity index (χ0n) is 19.6. The minimum absolute atomic E-state index is 0.269. The average Bonchev–Trinajstić information content (AvgIpc) is 2.75. The summed E-state index contributed by atoms with van der Waals surface area (Å²) in [5.41, 5.74) is 1.23. The first-order valence-corrected chi connectivity index (χ1v) is 12.5. The van der Waals surface area contributed by atoms with Crippen LogP contribution < -0.4 is 4.74 Å². The van der Waals surface area contributed by atoms with E-state index in [0.29, 0.717) is 19.7 Å². The molecule has 1 aromatic carbocycles. The molecule has 0 aliphatic carbocycles. The van der Waals surface area contributed by atoms with Gasteiger partial charge in [0.2, 0.25) is 0 Å². The van der Waals surface area contributed by atoms with Gasteiger partial charge in [0.15, 0.2) is 0 Å². The summed E-state index contributed by atoms with van der Waals surface area (Å²) >= 11 is 0. The van der Waals surface area contributed by atoms with Crippen molar-refractivity contribution in [2.45, 2.75) is 84.5 Å². The third-order valence-corrected chi connectivity index (χ3v) is 5.98. The third-order valence-electron chi connectivity index (χ3n) is 5.98. The predicted octanol–water partition coefficient (Wildman–Crippen LogP) is 5.92. The molecular formula is C25H44BNO3. The lowest BCUT2D eigenvalue weighted by Crippen LogP contribution is -2.41. The summed E-state index contributed by atoms with van der Waals surface area (Å²) in [6, 6.07) is 8.20. The number of nitrogens with zero attached hydrogens (tertiary/aromatic N) is 1. The monoisotopic (exact) mass is 417 g/mol. The molecule has 1 aromatic rings. The zero-order valence-corrected chi connectivity index (χ0v) is 19.6. The van der Waals surface area contributed by atoms with Crippen LogP contribution in [0.5, 0.6) is 5.75 Å². The van der Waals surface area contributed by atoms with E-state index in [9.17, 15) is 0 Å². The summed E-state index contributed by atoms with van der Waals surface area (Å²) < 4.78 is 17.8. The van der Waals surface area contributed by atoms with E-state index in [1.165, 1.54) is 69.8 Å². The Morgan fingerprint density at radius 1 is 0.833 bits per heavy atom. The van der Waals surface area contributed by atoms with Crippen molar-refractivity contribution in [3.05, 3.63) is 29.8 Å². The Kier molecular flexibility index (Phi) is 14.0. The number of benzene rings is 1. The fourth-order valence-corrected chi connectivity index (χ4v) is 4.02. The fourth-order valence-electron chi connectivity index (χ4n) is 4.02. The molecule has 0 radical (unpaired) electrons. The summed E-state index contributed by atoms with van der Waals surface area (Å²) in [6.07, 6.45) is 14.8. The van der Waals surface area contributed by atoms with E-state index in [1.54, 1.807) is 0 Å². The summed E-state index contributed by atoms with van der Waals surface area (Å²) in [7, 11) is -0.269. The molecule has 0 bridgehead atoms. The first kappa shape index (κ1) is 25.2. The Morgan fingerprint density at radius 2 is 1.43 bits per heavy atom. The van der Waals surface area contributed by atoms with Crippen LogP contribution >= 0.6 is 0 Å². The molecule has 5 heteroatoms. The molecule has 0 spiro atoms. The number of hydrogen-bond donors (Lipinski definition) is 0. The topological polar surface area (TPSA) is 30.9 Å². The lowest BCUT2D eigenvalue weighted by atomic mass is 9.92. The van der Waals surface area contributed by atoms with Crippen LogP contribution in [-0.2, 0) is 15.7 Å². The highest BCUT2D eigenvalue weighted by Gasteiger charge is 2.23. The van der Waals surface area contributed by atoms with E-state index >= 15 is 0 Å². The number of aryl methyl sites for hydroxylation is 1. The van der Waals surface area contributed by atoms with Gasteiger partial charge in [0.25, 0.3) is 0 Å². The minimum Gasteiger partial charge on any atom is -0.495 e. The van der Waals surface area contributed by atoms with Crippen LogP contribution in [0.2, 0.25) is 0 Å². The Bertz CT molecular complexity index is 533. The summed E-state index contributed by atoms with van der Waals surface area (Å²) in [4.78, 5) is 2.48. The van der Waals surface area contributed by atoms with Crippen LogP contribution in [0.15, 0.2) is 24.3 Å².